The number of allylic oxidation sites excluding steroid dienone is 1. The van der Waals surface area contributed by atoms with Gasteiger partial charge in [0.05, 0.1) is 12.7 Å². The Morgan fingerprint density at radius 2 is 2.17 bits per heavy atom. The van der Waals surface area contributed by atoms with E-state index in [9.17, 15) is 14.0 Å². The zero-order valence-corrected chi connectivity index (χ0v) is 12.3. The van der Waals surface area contributed by atoms with Gasteiger partial charge in [-0.2, -0.15) is 4.68 Å². The number of anilines is 1. The number of hydrogen-bond donors (Lipinski definition) is 1. The molecule has 0 spiro atoms. The van der Waals surface area contributed by atoms with E-state index in [4.69, 9.17) is 4.74 Å². The third-order valence-corrected chi connectivity index (χ3v) is 3.45. The molecular weight excluding hydrogens is 305 g/mol. The number of nitrogens with one attached hydrogen (secondary N) is 1. The summed E-state index contributed by atoms with van der Waals surface area (Å²) in [5.74, 6) is -1.43. The lowest BCUT2D eigenvalue weighted by molar-refractivity contribution is -0.136. The van der Waals surface area contributed by atoms with E-state index < -0.39 is 17.8 Å². The third kappa shape index (κ3) is 2.45. The second kappa shape index (κ2) is 5.59. The van der Waals surface area contributed by atoms with Crippen molar-refractivity contribution in [2.45, 2.75) is 13.0 Å². The van der Waals surface area contributed by atoms with Crippen molar-refractivity contribution in [3.05, 3.63) is 46.9 Å². The molecule has 1 aliphatic heterocycles. The highest BCUT2D eigenvalue weighted by atomic mass is 19.1. The molecule has 0 aliphatic carbocycles. The number of fused-ring (bicyclic) bond motifs is 1. The van der Waals surface area contributed by atoms with Gasteiger partial charge in [0.2, 0.25) is 5.95 Å². The molecule has 0 radical (unpaired) electrons. The van der Waals surface area contributed by atoms with E-state index in [-0.39, 0.29) is 23.0 Å². The number of methoxy groups -OCH3 is 1. The van der Waals surface area contributed by atoms with Gasteiger partial charge in [-0.3, -0.25) is 4.79 Å². The van der Waals surface area contributed by atoms with Crippen molar-refractivity contribution in [2.75, 3.05) is 12.4 Å². The zero-order valence-electron chi connectivity index (χ0n) is 12.3. The van der Waals surface area contributed by atoms with Crippen molar-refractivity contribution in [3.63, 3.8) is 0 Å². The molecule has 23 heavy (non-hydrogen) atoms. The van der Waals surface area contributed by atoms with Gasteiger partial charge in [-0.05, 0) is 35.0 Å². The molecule has 1 atom stereocenters. The van der Waals surface area contributed by atoms with Crippen molar-refractivity contribution in [1.29, 1.82) is 0 Å². The lowest BCUT2D eigenvalue weighted by Crippen LogP contribution is -2.32. The Kier molecular flexibility index (Phi) is 3.61. The summed E-state index contributed by atoms with van der Waals surface area (Å²) in [5.41, 5.74) is 0.477. The Morgan fingerprint density at radius 3 is 2.83 bits per heavy atom. The van der Waals surface area contributed by atoms with Crippen molar-refractivity contribution < 1.29 is 18.7 Å². The molecule has 1 aromatic carbocycles. The Balaban J connectivity index is 2.26. The van der Waals surface area contributed by atoms with Gasteiger partial charge in [0, 0.05) is 0 Å². The molecular formula is C14H12FN5O3. The number of Topliss-reactive ketones (excluding diaryl/α,β-unsaturated/α-hetero) is 1. The minimum absolute atomic E-state index is 0.0587. The largest absolute Gasteiger partial charge is 0.464 e. The highest BCUT2D eigenvalue weighted by molar-refractivity contribution is 6.05. The monoisotopic (exact) mass is 317 g/mol. The summed E-state index contributed by atoms with van der Waals surface area (Å²) < 4.78 is 19.6. The van der Waals surface area contributed by atoms with Gasteiger partial charge in [-0.25, -0.2) is 9.18 Å². The minimum atomic E-state index is -0.830. The fourth-order valence-electron chi connectivity index (χ4n) is 2.50. The number of tetrazole rings is 1. The number of benzene rings is 1. The van der Waals surface area contributed by atoms with Crippen LogP contribution in [0.25, 0.3) is 0 Å². The maximum atomic E-state index is 13.6. The van der Waals surface area contributed by atoms with Crippen LogP contribution in [0.2, 0.25) is 0 Å². The first kappa shape index (κ1) is 14.8. The third-order valence-electron chi connectivity index (χ3n) is 3.45. The minimum Gasteiger partial charge on any atom is -0.464 e. The molecule has 0 saturated carbocycles. The summed E-state index contributed by atoms with van der Waals surface area (Å²) >= 11 is 0. The van der Waals surface area contributed by atoms with E-state index in [1.807, 2.05) is 0 Å². The Hall–Kier alpha value is -3.10. The summed E-state index contributed by atoms with van der Waals surface area (Å²) in [6.45, 7) is 1.31. The predicted octanol–water partition coefficient (Wildman–Crippen LogP) is 0.843. The van der Waals surface area contributed by atoms with Crippen LogP contribution < -0.4 is 5.32 Å². The second-order valence-electron chi connectivity index (χ2n) is 4.87. The number of carbonyl (C=O) groups excluding carboxylic acids is 2. The lowest BCUT2D eigenvalue weighted by Gasteiger charge is -2.27. The zero-order chi connectivity index (χ0) is 16.6. The summed E-state index contributed by atoms with van der Waals surface area (Å²) in [4.78, 5) is 24.2. The van der Waals surface area contributed by atoms with Crippen LogP contribution in [-0.2, 0) is 14.3 Å². The molecule has 118 valence electrons. The maximum absolute atomic E-state index is 13.6. The van der Waals surface area contributed by atoms with Crippen LogP contribution >= 0.6 is 0 Å². The van der Waals surface area contributed by atoms with E-state index in [0.717, 1.165) is 0 Å². The van der Waals surface area contributed by atoms with Crippen LogP contribution in [0.15, 0.2) is 35.5 Å². The number of halogens is 1. The molecule has 1 aliphatic rings. The van der Waals surface area contributed by atoms with Gasteiger partial charge in [-0.15, -0.1) is 0 Å². The SMILES string of the molecule is COC(=O)C1=C(C(C)=O)C(c2cccc(F)c2)n2nnnc2N1. The number of aromatic nitrogens is 4. The number of nitrogens with zero attached hydrogens (tertiary/aromatic N) is 4. The topological polar surface area (TPSA) is 99.0 Å². The normalized spacial score (nSPS) is 16.6. The van der Waals surface area contributed by atoms with Crippen molar-refractivity contribution in [2.24, 2.45) is 0 Å². The predicted molar refractivity (Wildman–Crippen MR) is 75.7 cm³/mol. The molecule has 8 nitrogen and oxygen atoms in total. The molecule has 0 amide bonds. The summed E-state index contributed by atoms with van der Waals surface area (Å²) in [6, 6.07) is 4.85. The van der Waals surface area contributed by atoms with Crippen LogP contribution in [-0.4, -0.2) is 39.1 Å². The first-order valence-electron chi connectivity index (χ1n) is 6.66. The van der Waals surface area contributed by atoms with E-state index in [0.29, 0.717) is 5.56 Å². The first-order valence-corrected chi connectivity index (χ1v) is 6.66. The smallest absolute Gasteiger partial charge is 0.355 e. The number of hydrogen-bond acceptors (Lipinski definition) is 7. The summed E-state index contributed by atoms with van der Waals surface area (Å²) in [5, 5.41) is 13.8. The summed E-state index contributed by atoms with van der Waals surface area (Å²) in [7, 11) is 1.20. The van der Waals surface area contributed by atoms with Gasteiger partial charge in [0.15, 0.2) is 5.78 Å². The highest BCUT2D eigenvalue weighted by Gasteiger charge is 2.36. The molecule has 1 aromatic heterocycles. The average molecular weight is 317 g/mol. The van der Waals surface area contributed by atoms with Gasteiger partial charge in [-0.1, -0.05) is 17.2 Å². The molecule has 2 heterocycles. The number of esters is 1. The van der Waals surface area contributed by atoms with Crippen LogP contribution in [0.5, 0.6) is 0 Å². The number of ketones is 1. The second-order valence-corrected chi connectivity index (χ2v) is 4.87. The quantitative estimate of drug-likeness (QED) is 0.838. The molecule has 3 rings (SSSR count). The first-order chi connectivity index (χ1) is 11.0. The van der Waals surface area contributed by atoms with Crippen molar-refractivity contribution in [1.82, 2.24) is 20.2 Å². The van der Waals surface area contributed by atoms with Crippen LogP contribution in [0, 0.1) is 5.82 Å². The van der Waals surface area contributed by atoms with Crippen LogP contribution in [0.3, 0.4) is 0 Å². The molecule has 2 aromatic rings. The van der Waals surface area contributed by atoms with Crippen molar-refractivity contribution in [3.8, 4) is 0 Å². The van der Waals surface area contributed by atoms with E-state index >= 15 is 0 Å². The molecule has 1 unspecified atom stereocenters. The van der Waals surface area contributed by atoms with Crippen LogP contribution in [0.1, 0.15) is 18.5 Å². The maximum Gasteiger partial charge on any atom is 0.355 e. The van der Waals surface area contributed by atoms with Gasteiger partial charge >= 0.3 is 5.97 Å². The Labute approximate surface area is 129 Å². The van der Waals surface area contributed by atoms with Gasteiger partial charge < -0.3 is 10.1 Å². The summed E-state index contributed by atoms with van der Waals surface area (Å²) in [6.07, 6.45) is 0. The molecule has 1 N–H and O–H groups in total. The standard InChI is InChI=1S/C14H12FN5O3/c1-7(21)10-11(13(22)23-2)16-14-17-18-19-20(14)12(10)8-4-3-5-9(15)6-8/h3-6,12H,1-2H3,(H,16,17,19). The van der Waals surface area contributed by atoms with Gasteiger partial charge in [0.25, 0.3) is 0 Å². The fraction of sp³-hybridized carbons (Fsp3) is 0.214. The fourth-order valence-corrected chi connectivity index (χ4v) is 2.50. The molecule has 0 bridgehead atoms. The lowest BCUT2D eigenvalue weighted by atomic mass is 9.93. The van der Waals surface area contributed by atoms with E-state index in [1.165, 1.54) is 36.9 Å². The Morgan fingerprint density at radius 1 is 1.39 bits per heavy atom. The molecule has 9 heteroatoms. The van der Waals surface area contributed by atoms with E-state index in [1.54, 1.807) is 6.07 Å². The highest BCUT2D eigenvalue weighted by Crippen LogP contribution is 2.35. The number of carbonyl (C=O) groups is 2. The Bertz CT molecular complexity index is 829. The number of rotatable bonds is 3. The van der Waals surface area contributed by atoms with Crippen LogP contribution in [0.4, 0.5) is 10.3 Å². The van der Waals surface area contributed by atoms with Crippen molar-refractivity contribution >= 4 is 17.7 Å². The van der Waals surface area contributed by atoms with Gasteiger partial charge in [0.1, 0.15) is 17.6 Å². The number of ether oxygens (including phenoxy) is 1. The van der Waals surface area contributed by atoms with E-state index in [2.05, 4.69) is 20.8 Å². The molecule has 0 saturated heterocycles. The average Bonchev–Trinajstić information content (AvgIpc) is 3.00. The molecule has 0 fully saturated rings.